The highest BCUT2D eigenvalue weighted by atomic mass is 79.9. The molecule has 0 aliphatic rings. The number of methoxy groups -OCH3 is 1. The van der Waals surface area contributed by atoms with E-state index in [-0.39, 0.29) is 18.4 Å². The lowest BCUT2D eigenvalue weighted by atomic mass is 10.2. The number of carbonyl (C=O) groups is 2. The minimum absolute atomic E-state index is 0.285. The predicted octanol–water partition coefficient (Wildman–Crippen LogP) is 3.95. The van der Waals surface area contributed by atoms with Crippen molar-refractivity contribution < 1.29 is 14.3 Å². The van der Waals surface area contributed by atoms with Gasteiger partial charge in [-0.15, -0.1) is 0 Å². The van der Waals surface area contributed by atoms with E-state index in [0.717, 1.165) is 21.3 Å². The minimum atomic E-state index is -0.674. The van der Waals surface area contributed by atoms with Crippen molar-refractivity contribution in [3.63, 3.8) is 0 Å². The molecule has 0 radical (unpaired) electrons. The van der Waals surface area contributed by atoms with Crippen molar-refractivity contribution in [3.05, 3.63) is 69.2 Å². The fraction of sp³-hybridized carbons (Fsp3) is 0.200. The highest BCUT2D eigenvalue weighted by Crippen LogP contribution is 2.21. The lowest BCUT2D eigenvalue weighted by Crippen LogP contribution is -2.44. The normalized spacial score (nSPS) is 11.9. The van der Waals surface area contributed by atoms with Gasteiger partial charge in [-0.1, -0.05) is 45.7 Å². The van der Waals surface area contributed by atoms with E-state index in [1.54, 1.807) is 38.3 Å². The lowest BCUT2D eigenvalue weighted by molar-refractivity contribution is -0.126. The summed E-state index contributed by atoms with van der Waals surface area (Å²) in [5.74, 6) is 0.100. The van der Waals surface area contributed by atoms with Gasteiger partial charge in [0.15, 0.2) is 0 Å². The van der Waals surface area contributed by atoms with Crippen LogP contribution in [0.1, 0.15) is 18.1 Å². The van der Waals surface area contributed by atoms with Crippen LogP contribution in [0, 0.1) is 0 Å². The minimum Gasteiger partial charge on any atom is -0.497 e. The van der Waals surface area contributed by atoms with E-state index in [0.29, 0.717) is 5.02 Å². The van der Waals surface area contributed by atoms with E-state index >= 15 is 0 Å². The number of halogens is 2. The largest absolute Gasteiger partial charge is 0.497 e. The number of hydrogen-bond acceptors (Lipinski definition) is 3. The van der Waals surface area contributed by atoms with E-state index in [4.69, 9.17) is 16.3 Å². The highest BCUT2D eigenvalue weighted by Gasteiger charge is 2.14. The van der Waals surface area contributed by atoms with Crippen LogP contribution in [0.3, 0.4) is 0 Å². The van der Waals surface area contributed by atoms with Crippen LogP contribution >= 0.6 is 27.5 Å². The van der Waals surface area contributed by atoms with Crippen LogP contribution in [0.2, 0.25) is 5.02 Å². The van der Waals surface area contributed by atoms with Crippen molar-refractivity contribution in [2.45, 2.75) is 19.5 Å². The molecule has 2 aromatic carbocycles. The summed E-state index contributed by atoms with van der Waals surface area (Å²) in [6.45, 7) is 1.91. The monoisotopic (exact) mass is 450 g/mol. The molecule has 7 heteroatoms. The first kappa shape index (κ1) is 21.0. The molecule has 1 unspecified atom stereocenters. The standard InChI is InChI=1S/C20H20BrClN2O3/c1-13(20(26)23-12-15-6-7-16(21)11-18(15)22)24-19(25)10-5-14-3-8-17(27-2)9-4-14/h3-11,13H,12H2,1-2H3,(H,23,26)(H,24,25)/b10-5+. The van der Waals surface area contributed by atoms with E-state index in [1.165, 1.54) is 6.08 Å². The van der Waals surface area contributed by atoms with Crippen LogP contribution < -0.4 is 15.4 Å². The first-order valence-electron chi connectivity index (χ1n) is 8.23. The van der Waals surface area contributed by atoms with Gasteiger partial charge in [-0.05, 0) is 48.4 Å². The van der Waals surface area contributed by atoms with E-state index in [1.807, 2.05) is 24.3 Å². The molecule has 2 N–H and O–H groups in total. The van der Waals surface area contributed by atoms with Gasteiger partial charge in [0.25, 0.3) is 0 Å². The molecule has 0 heterocycles. The van der Waals surface area contributed by atoms with Crippen LogP contribution in [0.15, 0.2) is 53.0 Å². The number of ether oxygens (including phenoxy) is 1. The molecule has 2 aromatic rings. The summed E-state index contributed by atoms with van der Waals surface area (Å²) in [4.78, 5) is 24.1. The third-order valence-electron chi connectivity index (χ3n) is 3.76. The maximum Gasteiger partial charge on any atom is 0.244 e. The maximum atomic E-state index is 12.2. The molecular weight excluding hydrogens is 432 g/mol. The molecule has 0 saturated carbocycles. The summed E-state index contributed by atoms with van der Waals surface area (Å²) in [6.07, 6.45) is 3.05. The van der Waals surface area contributed by atoms with Crippen molar-refractivity contribution in [3.8, 4) is 5.75 Å². The average molecular weight is 452 g/mol. The number of rotatable bonds is 7. The van der Waals surface area contributed by atoms with Crippen molar-refractivity contribution >= 4 is 45.4 Å². The fourth-order valence-corrected chi connectivity index (χ4v) is 2.95. The molecule has 5 nitrogen and oxygen atoms in total. The van der Waals surface area contributed by atoms with Crippen molar-refractivity contribution in [2.75, 3.05) is 7.11 Å². The molecule has 0 fully saturated rings. The number of nitrogens with one attached hydrogen (secondary N) is 2. The molecule has 0 aromatic heterocycles. The van der Waals surface area contributed by atoms with Gasteiger partial charge in [0.2, 0.25) is 11.8 Å². The molecular formula is C20H20BrClN2O3. The second kappa shape index (κ2) is 10.1. The smallest absolute Gasteiger partial charge is 0.244 e. The Kier molecular flexibility index (Phi) is 7.88. The number of carbonyl (C=O) groups excluding carboxylic acids is 2. The Morgan fingerprint density at radius 3 is 2.56 bits per heavy atom. The predicted molar refractivity (Wildman–Crippen MR) is 111 cm³/mol. The molecule has 0 aliphatic carbocycles. The van der Waals surface area contributed by atoms with Gasteiger partial charge < -0.3 is 15.4 Å². The summed E-state index contributed by atoms with van der Waals surface area (Å²) in [5, 5.41) is 5.95. The molecule has 1 atom stereocenters. The lowest BCUT2D eigenvalue weighted by Gasteiger charge is -2.13. The zero-order chi connectivity index (χ0) is 19.8. The van der Waals surface area contributed by atoms with E-state index in [9.17, 15) is 9.59 Å². The quantitative estimate of drug-likeness (QED) is 0.627. The first-order chi connectivity index (χ1) is 12.9. The van der Waals surface area contributed by atoms with Crippen molar-refractivity contribution in [2.24, 2.45) is 0 Å². The van der Waals surface area contributed by atoms with E-state index in [2.05, 4.69) is 26.6 Å². The average Bonchev–Trinajstić information content (AvgIpc) is 2.65. The summed E-state index contributed by atoms with van der Waals surface area (Å²) < 4.78 is 5.95. The van der Waals surface area contributed by atoms with Gasteiger partial charge in [0.05, 0.1) is 7.11 Å². The van der Waals surface area contributed by atoms with Crippen LogP contribution in [0.25, 0.3) is 6.08 Å². The Morgan fingerprint density at radius 1 is 1.22 bits per heavy atom. The molecule has 27 heavy (non-hydrogen) atoms. The highest BCUT2D eigenvalue weighted by molar-refractivity contribution is 9.10. The van der Waals surface area contributed by atoms with Crippen LogP contribution in [0.4, 0.5) is 0 Å². The second-order valence-electron chi connectivity index (χ2n) is 5.79. The van der Waals surface area contributed by atoms with Crippen LogP contribution in [0.5, 0.6) is 5.75 Å². The van der Waals surface area contributed by atoms with Gasteiger partial charge in [0, 0.05) is 22.1 Å². The fourth-order valence-electron chi connectivity index (χ4n) is 2.21. The third kappa shape index (κ3) is 6.73. The molecule has 2 amide bonds. The van der Waals surface area contributed by atoms with Gasteiger partial charge in [0.1, 0.15) is 11.8 Å². The number of benzene rings is 2. The summed E-state index contributed by atoms with van der Waals surface area (Å²) in [7, 11) is 1.59. The Balaban J connectivity index is 1.83. The zero-order valence-corrected chi connectivity index (χ0v) is 17.3. The Bertz CT molecular complexity index is 838. The van der Waals surface area contributed by atoms with Gasteiger partial charge in [-0.3, -0.25) is 9.59 Å². The van der Waals surface area contributed by atoms with Gasteiger partial charge >= 0.3 is 0 Å². The van der Waals surface area contributed by atoms with Crippen molar-refractivity contribution in [1.82, 2.24) is 10.6 Å². The first-order valence-corrected chi connectivity index (χ1v) is 9.40. The Labute approximate surface area is 171 Å². The van der Waals surface area contributed by atoms with Gasteiger partial charge in [-0.2, -0.15) is 0 Å². The molecule has 0 aliphatic heterocycles. The van der Waals surface area contributed by atoms with Crippen molar-refractivity contribution in [1.29, 1.82) is 0 Å². The second-order valence-corrected chi connectivity index (χ2v) is 7.11. The topological polar surface area (TPSA) is 67.4 Å². The maximum absolute atomic E-state index is 12.2. The third-order valence-corrected chi connectivity index (χ3v) is 4.61. The van der Waals surface area contributed by atoms with E-state index < -0.39 is 6.04 Å². The molecule has 0 spiro atoms. The molecule has 0 saturated heterocycles. The summed E-state index contributed by atoms with van der Waals surface area (Å²) >= 11 is 9.46. The molecule has 142 valence electrons. The number of amides is 2. The molecule has 2 rings (SSSR count). The van der Waals surface area contributed by atoms with Gasteiger partial charge in [-0.25, -0.2) is 0 Å². The summed E-state index contributed by atoms with van der Waals surface area (Å²) in [6, 6.07) is 12.0. The molecule has 0 bridgehead atoms. The van der Waals surface area contributed by atoms with Crippen LogP contribution in [-0.2, 0) is 16.1 Å². The number of hydrogen-bond donors (Lipinski definition) is 2. The Morgan fingerprint density at radius 2 is 1.93 bits per heavy atom. The zero-order valence-electron chi connectivity index (χ0n) is 15.0. The Hall–Kier alpha value is -2.31. The van der Waals surface area contributed by atoms with Crippen LogP contribution in [-0.4, -0.2) is 25.0 Å². The SMILES string of the molecule is COc1ccc(/C=C/C(=O)NC(C)C(=O)NCc2ccc(Br)cc2Cl)cc1. The summed E-state index contributed by atoms with van der Waals surface area (Å²) in [5.41, 5.74) is 1.65.